The topological polar surface area (TPSA) is 55.8 Å². The first-order chi connectivity index (χ1) is 14.4. The highest BCUT2D eigenvalue weighted by Gasteiger charge is 2.43. The maximum Gasteiger partial charge on any atom is 0.306 e. The van der Waals surface area contributed by atoms with Gasteiger partial charge in [-0.1, -0.05) is 12.1 Å². The molecule has 1 N–H and O–H groups in total. The van der Waals surface area contributed by atoms with Crippen molar-refractivity contribution in [2.45, 2.75) is 6.42 Å². The SMILES string of the molecule is O=C(O)[C@@H]1C[C@H]1COc1ccc(-c2cc(Oc3cccc(F)c3)ccc2F)cc1F. The molecule has 1 aliphatic rings. The number of aliphatic carboxylic acids is 1. The lowest BCUT2D eigenvalue weighted by molar-refractivity contribution is -0.138. The lowest BCUT2D eigenvalue weighted by Gasteiger charge is -2.11. The smallest absolute Gasteiger partial charge is 0.306 e. The highest BCUT2D eigenvalue weighted by molar-refractivity contribution is 5.73. The van der Waals surface area contributed by atoms with Gasteiger partial charge >= 0.3 is 5.97 Å². The average molecular weight is 414 g/mol. The Morgan fingerprint density at radius 3 is 2.47 bits per heavy atom. The predicted octanol–water partition coefficient (Wildman–Crippen LogP) is 5.66. The Bertz CT molecular complexity index is 1100. The van der Waals surface area contributed by atoms with Gasteiger partial charge < -0.3 is 14.6 Å². The second-order valence-electron chi connectivity index (χ2n) is 7.10. The van der Waals surface area contributed by atoms with Crippen LogP contribution in [-0.2, 0) is 4.79 Å². The Balaban J connectivity index is 1.50. The largest absolute Gasteiger partial charge is 0.490 e. The van der Waals surface area contributed by atoms with Gasteiger partial charge in [0.1, 0.15) is 23.1 Å². The summed E-state index contributed by atoms with van der Waals surface area (Å²) in [6.07, 6.45) is 0.512. The van der Waals surface area contributed by atoms with E-state index < -0.39 is 29.3 Å². The molecule has 0 unspecified atom stereocenters. The predicted molar refractivity (Wildman–Crippen MR) is 103 cm³/mol. The van der Waals surface area contributed by atoms with Crippen molar-refractivity contribution in [1.29, 1.82) is 0 Å². The number of carboxylic acid groups (broad SMARTS) is 1. The van der Waals surface area contributed by atoms with Crippen LogP contribution in [0, 0.1) is 29.3 Å². The van der Waals surface area contributed by atoms with Gasteiger partial charge in [-0.05, 0) is 54.4 Å². The number of benzene rings is 3. The van der Waals surface area contributed by atoms with Crippen molar-refractivity contribution in [2.24, 2.45) is 11.8 Å². The van der Waals surface area contributed by atoms with Crippen molar-refractivity contribution < 1.29 is 32.5 Å². The van der Waals surface area contributed by atoms with Crippen LogP contribution in [0.5, 0.6) is 17.2 Å². The first kappa shape index (κ1) is 19.8. The summed E-state index contributed by atoms with van der Waals surface area (Å²) in [5.41, 5.74) is 0.388. The molecule has 7 heteroatoms. The third kappa shape index (κ3) is 4.40. The standard InChI is InChI=1S/C23H17F3O4/c24-15-2-1-3-16(10-15)30-17-5-6-20(25)18(11-17)13-4-7-22(21(26)9-13)29-12-14-8-19(14)23(27)28/h1-7,9-11,14,19H,8,12H2,(H,27,28)/t14-,19+/m0/s1. The number of ether oxygens (including phenoxy) is 2. The van der Waals surface area contributed by atoms with Gasteiger partial charge in [0.05, 0.1) is 12.5 Å². The summed E-state index contributed by atoms with van der Waals surface area (Å²) in [6.45, 7) is 0.110. The van der Waals surface area contributed by atoms with Crippen molar-refractivity contribution >= 4 is 5.97 Å². The molecule has 1 aliphatic carbocycles. The van der Waals surface area contributed by atoms with Crippen LogP contribution in [0.3, 0.4) is 0 Å². The van der Waals surface area contributed by atoms with Crippen LogP contribution >= 0.6 is 0 Å². The normalized spacial score (nSPS) is 17.4. The zero-order valence-corrected chi connectivity index (χ0v) is 15.6. The highest BCUT2D eigenvalue weighted by Crippen LogP contribution is 2.39. The Labute approximate surface area is 170 Å². The summed E-state index contributed by atoms with van der Waals surface area (Å²) in [6, 6.07) is 13.5. The molecule has 0 heterocycles. The highest BCUT2D eigenvalue weighted by atomic mass is 19.1. The lowest BCUT2D eigenvalue weighted by atomic mass is 10.0. The number of rotatable bonds is 7. The number of carboxylic acids is 1. The Hall–Kier alpha value is -3.48. The summed E-state index contributed by atoms with van der Waals surface area (Å²) < 4.78 is 53.1. The van der Waals surface area contributed by atoms with Gasteiger partial charge in [0, 0.05) is 17.5 Å². The van der Waals surface area contributed by atoms with E-state index in [2.05, 4.69) is 0 Å². The lowest BCUT2D eigenvalue weighted by Crippen LogP contribution is -2.07. The van der Waals surface area contributed by atoms with Crippen molar-refractivity contribution in [3.8, 4) is 28.4 Å². The first-order valence-electron chi connectivity index (χ1n) is 9.29. The molecule has 0 bridgehead atoms. The molecule has 154 valence electrons. The van der Waals surface area contributed by atoms with E-state index in [9.17, 15) is 18.0 Å². The van der Waals surface area contributed by atoms with E-state index >= 15 is 0 Å². The molecule has 1 saturated carbocycles. The minimum absolute atomic E-state index is 0.0256. The van der Waals surface area contributed by atoms with Crippen molar-refractivity contribution in [3.63, 3.8) is 0 Å². The molecule has 1 fully saturated rings. The Morgan fingerprint density at radius 2 is 1.77 bits per heavy atom. The maximum absolute atomic E-state index is 14.4. The van der Waals surface area contributed by atoms with Crippen LogP contribution in [0.2, 0.25) is 0 Å². The number of hydrogen-bond donors (Lipinski definition) is 1. The summed E-state index contributed by atoms with van der Waals surface area (Å²) >= 11 is 0. The molecule has 2 atom stereocenters. The molecule has 4 rings (SSSR count). The summed E-state index contributed by atoms with van der Waals surface area (Å²) in [5.74, 6) is -2.68. The molecular weight excluding hydrogens is 397 g/mol. The van der Waals surface area contributed by atoms with E-state index in [1.54, 1.807) is 6.07 Å². The van der Waals surface area contributed by atoms with Crippen LogP contribution in [0.15, 0.2) is 60.7 Å². The van der Waals surface area contributed by atoms with Crippen LogP contribution in [0.1, 0.15) is 6.42 Å². The fraction of sp³-hybridized carbons (Fsp3) is 0.174. The van der Waals surface area contributed by atoms with Gasteiger partial charge in [0.2, 0.25) is 0 Å². The second kappa shape index (κ2) is 8.10. The average Bonchev–Trinajstić information content (AvgIpc) is 3.49. The van der Waals surface area contributed by atoms with Gasteiger partial charge in [-0.25, -0.2) is 13.2 Å². The summed E-state index contributed by atoms with van der Waals surface area (Å²) in [4.78, 5) is 10.8. The molecule has 0 spiro atoms. The minimum Gasteiger partial charge on any atom is -0.490 e. The molecule has 4 nitrogen and oxygen atoms in total. The molecule has 0 aromatic heterocycles. The molecule has 0 aliphatic heterocycles. The van der Waals surface area contributed by atoms with Crippen LogP contribution in [0.25, 0.3) is 11.1 Å². The van der Waals surface area contributed by atoms with E-state index in [-0.39, 0.29) is 40.9 Å². The van der Waals surface area contributed by atoms with E-state index in [0.717, 1.165) is 6.07 Å². The zero-order chi connectivity index (χ0) is 21.3. The third-order valence-corrected chi connectivity index (χ3v) is 4.91. The van der Waals surface area contributed by atoms with Gasteiger partial charge in [0.25, 0.3) is 0 Å². The van der Waals surface area contributed by atoms with Crippen LogP contribution in [-0.4, -0.2) is 17.7 Å². The second-order valence-corrected chi connectivity index (χ2v) is 7.10. The van der Waals surface area contributed by atoms with Crippen LogP contribution in [0.4, 0.5) is 13.2 Å². The molecule has 0 amide bonds. The van der Waals surface area contributed by atoms with Crippen molar-refractivity contribution in [1.82, 2.24) is 0 Å². The number of carbonyl (C=O) groups is 1. The van der Waals surface area contributed by atoms with E-state index in [4.69, 9.17) is 14.6 Å². The van der Waals surface area contributed by atoms with Gasteiger partial charge in [-0.15, -0.1) is 0 Å². The van der Waals surface area contributed by atoms with Gasteiger partial charge in [-0.3, -0.25) is 4.79 Å². The molecule has 0 radical (unpaired) electrons. The number of hydrogen-bond acceptors (Lipinski definition) is 3. The molecular formula is C23H17F3O4. The number of halogens is 3. The van der Waals surface area contributed by atoms with Gasteiger partial charge in [0.15, 0.2) is 11.6 Å². The van der Waals surface area contributed by atoms with E-state index in [0.29, 0.717) is 6.42 Å². The Kier molecular flexibility index (Phi) is 5.35. The van der Waals surface area contributed by atoms with E-state index in [1.165, 1.54) is 48.5 Å². The Morgan fingerprint density at radius 1 is 0.967 bits per heavy atom. The molecule has 30 heavy (non-hydrogen) atoms. The van der Waals surface area contributed by atoms with Crippen molar-refractivity contribution in [2.75, 3.05) is 6.61 Å². The molecule has 3 aromatic rings. The monoisotopic (exact) mass is 414 g/mol. The maximum atomic E-state index is 14.4. The fourth-order valence-electron chi connectivity index (χ4n) is 3.17. The first-order valence-corrected chi connectivity index (χ1v) is 9.29. The zero-order valence-electron chi connectivity index (χ0n) is 15.6. The van der Waals surface area contributed by atoms with Crippen molar-refractivity contribution in [3.05, 3.63) is 78.1 Å². The fourth-order valence-corrected chi connectivity index (χ4v) is 3.17. The quantitative estimate of drug-likeness (QED) is 0.542. The minimum atomic E-state index is -0.879. The summed E-state index contributed by atoms with van der Waals surface area (Å²) in [7, 11) is 0. The molecule has 3 aromatic carbocycles. The summed E-state index contributed by atoms with van der Waals surface area (Å²) in [5, 5.41) is 8.90. The van der Waals surface area contributed by atoms with E-state index in [1.807, 2.05) is 0 Å². The van der Waals surface area contributed by atoms with Gasteiger partial charge in [-0.2, -0.15) is 0 Å². The molecule has 0 saturated heterocycles. The third-order valence-electron chi connectivity index (χ3n) is 4.91. The van der Waals surface area contributed by atoms with Crippen LogP contribution < -0.4 is 9.47 Å².